The van der Waals surface area contributed by atoms with Crippen LogP contribution < -0.4 is 31.8 Å². The molecule has 3 aliphatic rings. The minimum atomic E-state index is -4.03. The zero-order chi connectivity index (χ0) is 31.8. The van der Waals surface area contributed by atoms with Crippen LogP contribution in [0.4, 0.5) is 11.8 Å². The van der Waals surface area contributed by atoms with Crippen LogP contribution in [-0.4, -0.2) is 99.3 Å². The summed E-state index contributed by atoms with van der Waals surface area (Å²) in [5.41, 5.74) is 11.7. The SMILES string of the molecule is Nc1nc2c(ncn2C2OC3COP(O)(=S)NC4C(COP(=O)(S)NC3C2O)OC([n+]2c[nH]c3c(N)ncnc32)C4O)c(=O)[nH]1. The molecule has 3 aliphatic heterocycles. The van der Waals surface area contributed by atoms with E-state index in [0.29, 0.717) is 11.2 Å². The lowest BCUT2D eigenvalue weighted by atomic mass is 10.1. The molecule has 45 heavy (non-hydrogen) atoms. The quantitative estimate of drug-likeness (QED) is 0.0575. The molecular formula is C20H27N12O9P2S2+. The number of imidazole rings is 2. The first-order chi connectivity index (χ1) is 21.3. The Morgan fingerprint density at radius 1 is 1.09 bits per heavy atom. The Labute approximate surface area is 261 Å². The van der Waals surface area contributed by atoms with Crippen LogP contribution in [0.5, 0.6) is 0 Å². The molecule has 10 unspecified atom stereocenters. The summed E-state index contributed by atoms with van der Waals surface area (Å²) in [6.07, 6.45) is -3.30. The molecule has 7 heterocycles. The van der Waals surface area contributed by atoms with Crippen LogP contribution in [0.15, 0.2) is 23.8 Å². The lowest BCUT2D eigenvalue weighted by Crippen LogP contribution is -2.49. The summed E-state index contributed by atoms with van der Waals surface area (Å²) < 4.78 is 39.8. The standard InChI is InChI=1S/C20H26N12O9P2S2/c21-14-10-15(24-3-23-14)31(4-25-10)18-12(33)8-6(40-18)1-38-43(37,45)30-9-7(2-39-42(36,44)29-8)41-19(13(9)34)32-5-26-11-16(32)27-20(22)28-17(11)35/h3-9,12-13,18-19,33-34H,1-2H2,(H9,21,22,23,24,27,28,29,30,35,36,37,44,45)/p+1. The number of nitrogens with zero attached hydrogens (tertiary/aromatic N) is 6. The van der Waals surface area contributed by atoms with E-state index >= 15 is 0 Å². The van der Waals surface area contributed by atoms with Crippen LogP contribution in [-0.2, 0) is 34.9 Å². The highest BCUT2D eigenvalue weighted by molar-refractivity contribution is 8.45. The van der Waals surface area contributed by atoms with Gasteiger partial charge in [0.2, 0.25) is 17.7 Å². The predicted octanol–water partition coefficient (Wildman–Crippen LogP) is -2.72. The highest BCUT2D eigenvalue weighted by Crippen LogP contribution is 2.52. The molecule has 3 saturated heterocycles. The topological polar surface area (TPSA) is 300 Å². The predicted molar refractivity (Wildman–Crippen MR) is 160 cm³/mol. The van der Waals surface area contributed by atoms with Crippen LogP contribution >= 0.6 is 25.6 Å². The molecule has 0 spiro atoms. The molecular weight excluding hydrogens is 678 g/mol. The van der Waals surface area contributed by atoms with E-state index in [0.717, 1.165) is 0 Å². The number of ether oxygens (including phenoxy) is 2. The number of thiol groups is 1. The summed E-state index contributed by atoms with van der Waals surface area (Å²) >= 11 is 9.56. The van der Waals surface area contributed by atoms with Crippen molar-refractivity contribution in [2.45, 2.75) is 49.0 Å². The number of hydrogen-bond donors (Lipinski definition) is 10. The van der Waals surface area contributed by atoms with E-state index in [9.17, 15) is 24.5 Å². The minimum Gasteiger partial charge on any atom is -0.387 e. The Hall–Kier alpha value is -2.63. The highest BCUT2D eigenvalue weighted by atomic mass is 32.7. The summed E-state index contributed by atoms with van der Waals surface area (Å²) in [6, 6.07) is -2.24. The molecule has 4 aromatic heterocycles. The van der Waals surface area contributed by atoms with E-state index in [4.69, 9.17) is 41.8 Å². The largest absolute Gasteiger partial charge is 0.387 e. The normalized spacial score (nSPS) is 37.7. The van der Waals surface area contributed by atoms with E-state index in [2.05, 4.69) is 52.3 Å². The lowest BCUT2D eigenvalue weighted by Gasteiger charge is -2.30. The Balaban J connectivity index is 1.17. The van der Waals surface area contributed by atoms with E-state index in [-0.39, 0.29) is 22.9 Å². The van der Waals surface area contributed by atoms with Crippen molar-refractivity contribution in [2.24, 2.45) is 0 Å². The zero-order valence-electron chi connectivity index (χ0n) is 22.6. The first-order valence-corrected chi connectivity index (χ1v) is 18.7. The van der Waals surface area contributed by atoms with Gasteiger partial charge in [0.05, 0.1) is 31.6 Å². The van der Waals surface area contributed by atoms with Gasteiger partial charge in [0.25, 0.3) is 12.2 Å². The van der Waals surface area contributed by atoms with Gasteiger partial charge < -0.3 is 45.1 Å². The van der Waals surface area contributed by atoms with Gasteiger partial charge in [0, 0.05) is 0 Å². The molecule has 21 nitrogen and oxygen atoms in total. The van der Waals surface area contributed by atoms with Crippen LogP contribution in [0.25, 0.3) is 22.3 Å². The summed E-state index contributed by atoms with van der Waals surface area (Å²) in [5.74, 6) is -0.0133. The summed E-state index contributed by atoms with van der Waals surface area (Å²) in [4.78, 5) is 44.9. The summed E-state index contributed by atoms with van der Waals surface area (Å²) in [7, 11) is 0. The monoisotopic (exact) mass is 705 g/mol. The van der Waals surface area contributed by atoms with Gasteiger partial charge in [0.1, 0.15) is 24.4 Å². The van der Waals surface area contributed by atoms with Crippen molar-refractivity contribution in [1.29, 1.82) is 0 Å². The van der Waals surface area contributed by atoms with Crippen molar-refractivity contribution in [2.75, 3.05) is 24.7 Å². The van der Waals surface area contributed by atoms with Crippen molar-refractivity contribution in [3.05, 3.63) is 29.3 Å². The first kappa shape index (κ1) is 31.0. The van der Waals surface area contributed by atoms with Gasteiger partial charge in [-0.3, -0.25) is 23.9 Å². The van der Waals surface area contributed by atoms with Crippen molar-refractivity contribution >= 4 is 71.5 Å². The van der Waals surface area contributed by atoms with Gasteiger partial charge in [0.15, 0.2) is 35.9 Å². The second-order valence-electron chi connectivity index (χ2n) is 10.5. The smallest absolute Gasteiger partial charge is 0.324 e. The van der Waals surface area contributed by atoms with E-state index in [1.807, 2.05) is 0 Å². The van der Waals surface area contributed by atoms with Crippen LogP contribution in [0.3, 0.4) is 0 Å². The van der Waals surface area contributed by atoms with E-state index < -0.39 is 81.1 Å². The zero-order valence-corrected chi connectivity index (χ0v) is 26.1. The first-order valence-electron chi connectivity index (χ1n) is 13.2. The van der Waals surface area contributed by atoms with Crippen LogP contribution in [0, 0.1) is 0 Å². The molecule has 0 bridgehead atoms. The van der Waals surface area contributed by atoms with Crippen molar-refractivity contribution in [1.82, 2.24) is 44.6 Å². The van der Waals surface area contributed by atoms with Crippen molar-refractivity contribution < 1.29 is 42.8 Å². The molecule has 0 saturated carbocycles. The molecule has 0 aliphatic carbocycles. The number of nitrogen functional groups attached to an aromatic ring is 2. The molecule has 3 fully saturated rings. The maximum Gasteiger partial charge on any atom is 0.324 e. The second kappa shape index (κ2) is 11.3. The third-order valence-corrected chi connectivity index (χ3v) is 11.2. The van der Waals surface area contributed by atoms with Crippen LogP contribution in [0.1, 0.15) is 12.5 Å². The maximum absolute atomic E-state index is 13.6. The molecule has 4 aromatic rings. The molecule has 0 radical (unpaired) electrons. The number of aliphatic hydroxyl groups is 2. The molecule has 242 valence electrons. The summed E-state index contributed by atoms with van der Waals surface area (Å²) in [5, 5.41) is 28.1. The number of hydrogen-bond acceptors (Lipinski definition) is 15. The van der Waals surface area contributed by atoms with Gasteiger partial charge in [-0.2, -0.15) is 9.97 Å². The average molecular weight is 706 g/mol. The second-order valence-corrected chi connectivity index (χ2v) is 16.6. The number of aromatic amines is 2. The number of fused-ring (bicyclic) bond motifs is 4. The molecule has 11 N–H and O–H groups in total. The fraction of sp³-hybridized carbons (Fsp3) is 0.500. The maximum atomic E-state index is 13.6. The number of anilines is 2. The molecule has 10 atom stereocenters. The fourth-order valence-corrected chi connectivity index (χ4v) is 8.98. The van der Waals surface area contributed by atoms with Gasteiger partial charge in [-0.15, -0.1) is 0 Å². The fourth-order valence-electron chi connectivity index (χ4n) is 5.59. The number of nitrogens with one attached hydrogen (secondary N) is 4. The third-order valence-electron chi connectivity index (χ3n) is 7.65. The lowest BCUT2D eigenvalue weighted by molar-refractivity contribution is -0.745. The molecule has 7 rings (SSSR count). The molecule has 0 amide bonds. The Morgan fingerprint density at radius 2 is 1.82 bits per heavy atom. The summed E-state index contributed by atoms with van der Waals surface area (Å²) in [6.45, 7) is -8.74. The molecule has 0 aromatic carbocycles. The highest BCUT2D eigenvalue weighted by Gasteiger charge is 2.52. The van der Waals surface area contributed by atoms with Gasteiger partial charge in [-0.1, -0.05) is 17.2 Å². The van der Waals surface area contributed by atoms with Gasteiger partial charge in [-0.05, 0) is 11.8 Å². The van der Waals surface area contributed by atoms with E-state index in [1.54, 1.807) is 0 Å². The van der Waals surface area contributed by atoms with E-state index in [1.165, 1.54) is 28.1 Å². The molecule has 25 heteroatoms. The number of H-pyrrole nitrogens is 2. The Morgan fingerprint density at radius 3 is 2.62 bits per heavy atom. The van der Waals surface area contributed by atoms with Crippen molar-refractivity contribution in [3.8, 4) is 0 Å². The van der Waals surface area contributed by atoms with Crippen LogP contribution in [0.2, 0.25) is 0 Å². The third kappa shape index (κ3) is 5.56. The Kier molecular flexibility index (Phi) is 7.76. The van der Waals surface area contributed by atoms with Gasteiger partial charge in [-0.25, -0.2) is 19.7 Å². The minimum absolute atomic E-state index is 0.0218. The average Bonchev–Trinajstić information content (AvgIpc) is 3.72. The number of nitrogens with two attached hydrogens (primary N) is 2. The van der Waals surface area contributed by atoms with Gasteiger partial charge >= 0.3 is 12.4 Å². The number of aliphatic hydroxyl groups excluding tert-OH is 2. The number of rotatable bonds is 2. The number of aromatic nitrogens is 8. The Bertz CT molecular complexity index is 1940. The van der Waals surface area contributed by atoms with Crippen molar-refractivity contribution in [3.63, 3.8) is 0 Å².